The molecule has 1 aliphatic rings. The molecule has 0 spiro atoms. The van der Waals surface area contributed by atoms with Crippen LogP contribution in [0.5, 0.6) is 11.5 Å². The summed E-state index contributed by atoms with van der Waals surface area (Å²) in [6, 6.07) is 5.82. The number of methoxy groups -OCH3 is 2. The van der Waals surface area contributed by atoms with Gasteiger partial charge in [0.15, 0.2) is 0 Å². The standard InChI is InChI=1S/C13H19NO3/c1-13(9-14-6-7-17-13)11-5-4-10(15-2)8-12(11)16-3/h4-5,8,14H,6-7,9H2,1-3H3. The Bertz CT molecular complexity index is 386. The fourth-order valence-corrected chi connectivity index (χ4v) is 2.13. The second-order valence-electron chi connectivity index (χ2n) is 4.32. The molecule has 1 aromatic carbocycles. The number of ether oxygens (including phenoxy) is 3. The van der Waals surface area contributed by atoms with Crippen molar-refractivity contribution in [2.75, 3.05) is 33.9 Å². The van der Waals surface area contributed by atoms with Crippen LogP contribution in [-0.2, 0) is 10.3 Å². The zero-order chi connectivity index (χ0) is 12.3. The van der Waals surface area contributed by atoms with Crippen molar-refractivity contribution >= 4 is 0 Å². The molecule has 1 atom stereocenters. The minimum Gasteiger partial charge on any atom is -0.497 e. The third kappa shape index (κ3) is 2.37. The molecule has 0 bridgehead atoms. The Morgan fingerprint density at radius 1 is 1.29 bits per heavy atom. The summed E-state index contributed by atoms with van der Waals surface area (Å²) in [5, 5.41) is 3.34. The largest absolute Gasteiger partial charge is 0.497 e. The highest BCUT2D eigenvalue weighted by Crippen LogP contribution is 2.35. The molecule has 1 N–H and O–H groups in total. The number of hydrogen-bond donors (Lipinski definition) is 1. The van der Waals surface area contributed by atoms with E-state index in [1.54, 1.807) is 14.2 Å². The van der Waals surface area contributed by atoms with Crippen molar-refractivity contribution in [1.82, 2.24) is 5.32 Å². The fraction of sp³-hybridized carbons (Fsp3) is 0.538. The Morgan fingerprint density at radius 2 is 2.12 bits per heavy atom. The molecule has 0 amide bonds. The molecule has 0 aliphatic carbocycles. The summed E-state index contributed by atoms with van der Waals surface area (Å²) in [4.78, 5) is 0. The van der Waals surface area contributed by atoms with Crippen LogP contribution < -0.4 is 14.8 Å². The van der Waals surface area contributed by atoms with Crippen molar-refractivity contribution < 1.29 is 14.2 Å². The molecule has 1 aromatic rings. The molecule has 94 valence electrons. The summed E-state index contributed by atoms with van der Waals surface area (Å²) in [7, 11) is 3.31. The van der Waals surface area contributed by atoms with Gasteiger partial charge >= 0.3 is 0 Å². The molecule has 0 saturated carbocycles. The van der Waals surface area contributed by atoms with Gasteiger partial charge in [-0.15, -0.1) is 0 Å². The molecule has 1 fully saturated rings. The topological polar surface area (TPSA) is 39.7 Å². The quantitative estimate of drug-likeness (QED) is 0.865. The molecular weight excluding hydrogens is 218 g/mol. The molecule has 17 heavy (non-hydrogen) atoms. The summed E-state index contributed by atoms with van der Waals surface area (Å²) in [6.07, 6.45) is 0. The molecule has 1 aliphatic heterocycles. The summed E-state index contributed by atoms with van der Waals surface area (Å²) >= 11 is 0. The van der Waals surface area contributed by atoms with Gasteiger partial charge in [0, 0.05) is 24.7 Å². The van der Waals surface area contributed by atoms with Gasteiger partial charge < -0.3 is 19.5 Å². The maximum absolute atomic E-state index is 5.88. The van der Waals surface area contributed by atoms with Gasteiger partial charge in [-0.3, -0.25) is 0 Å². The number of benzene rings is 1. The number of morpholine rings is 1. The Kier molecular flexibility index (Phi) is 3.54. The van der Waals surface area contributed by atoms with E-state index in [1.807, 2.05) is 18.2 Å². The first-order valence-corrected chi connectivity index (χ1v) is 5.77. The Balaban J connectivity index is 2.36. The highest BCUT2D eigenvalue weighted by Gasteiger charge is 2.32. The second kappa shape index (κ2) is 4.94. The third-order valence-corrected chi connectivity index (χ3v) is 3.14. The van der Waals surface area contributed by atoms with Gasteiger partial charge in [0.2, 0.25) is 0 Å². The lowest BCUT2D eigenvalue weighted by atomic mass is 9.93. The van der Waals surface area contributed by atoms with Crippen LogP contribution in [0.4, 0.5) is 0 Å². The van der Waals surface area contributed by atoms with E-state index in [1.165, 1.54) is 0 Å². The average Bonchev–Trinajstić information content (AvgIpc) is 2.38. The van der Waals surface area contributed by atoms with Crippen molar-refractivity contribution in [3.05, 3.63) is 23.8 Å². The van der Waals surface area contributed by atoms with E-state index >= 15 is 0 Å². The Hall–Kier alpha value is -1.26. The van der Waals surface area contributed by atoms with E-state index in [-0.39, 0.29) is 5.60 Å². The van der Waals surface area contributed by atoms with Crippen molar-refractivity contribution in [3.63, 3.8) is 0 Å². The summed E-state index contributed by atoms with van der Waals surface area (Å²) in [6.45, 7) is 4.47. The van der Waals surface area contributed by atoms with Crippen molar-refractivity contribution in [1.29, 1.82) is 0 Å². The normalized spacial score (nSPS) is 24.4. The number of rotatable bonds is 3. The summed E-state index contributed by atoms with van der Waals surface area (Å²) in [5.41, 5.74) is 0.712. The predicted molar refractivity (Wildman–Crippen MR) is 65.7 cm³/mol. The van der Waals surface area contributed by atoms with Gasteiger partial charge in [-0.25, -0.2) is 0 Å². The van der Waals surface area contributed by atoms with Gasteiger partial charge in [-0.2, -0.15) is 0 Å². The monoisotopic (exact) mass is 237 g/mol. The first kappa shape index (κ1) is 12.2. The van der Waals surface area contributed by atoms with Gasteiger partial charge in [-0.1, -0.05) is 0 Å². The van der Waals surface area contributed by atoms with Crippen LogP contribution in [0, 0.1) is 0 Å². The lowest BCUT2D eigenvalue weighted by molar-refractivity contribution is -0.0584. The van der Waals surface area contributed by atoms with Crippen LogP contribution in [0.3, 0.4) is 0 Å². The van der Waals surface area contributed by atoms with E-state index in [4.69, 9.17) is 14.2 Å². The van der Waals surface area contributed by atoms with Gasteiger partial charge in [0.1, 0.15) is 17.1 Å². The lowest BCUT2D eigenvalue weighted by Gasteiger charge is -2.35. The van der Waals surface area contributed by atoms with E-state index in [0.717, 1.165) is 30.2 Å². The summed E-state index contributed by atoms with van der Waals surface area (Å²) < 4.78 is 16.5. The molecule has 4 heteroatoms. The third-order valence-electron chi connectivity index (χ3n) is 3.14. The predicted octanol–water partition coefficient (Wildman–Crippen LogP) is 1.54. The first-order valence-electron chi connectivity index (χ1n) is 5.77. The smallest absolute Gasteiger partial charge is 0.128 e. The maximum atomic E-state index is 5.88. The van der Waals surface area contributed by atoms with Gasteiger partial charge in [0.05, 0.1) is 20.8 Å². The maximum Gasteiger partial charge on any atom is 0.128 e. The van der Waals surface area contributed by atoms with E-state index < -0.39 is 0 Å². The van der Waals surface area contributed by atoms with E-state index in [2.05, 4.69) is 12.2 Å². The highest BCUT2D eigenvalue weighted by atomic mass is 16.5. The fourth-order valence-electron chi connectivity index (χ4n) is 2.13. The molecular formula is C13H19NO3. The lowest BCUT2D eigenvalue weighted by Crippen LogP contribution is -2.45. The van der Waals surface area contributed by atoms with Crippen LogP contribution in [0.1, 0.15) is 12.5 Å². The number of hydrogen-bond acceptors (Lipinski definition) is 4. The SMILES string of the molecule is COc1ccc(C2(C)CNCCO2)c(OC)c1. The molecule has 4 nitrogen and oxygen atoms in total. The van der Waals surface area contributed by atoms with E-state index in [0.29, 0.717) is 6.61 Å². The van der Waals surface area contributed by atoms with Crippen LogP contribution in [0.25, 0.3) is 0 Å². The minimum absolute atomic E-state index is 0.337. The Morgan fingerprint density at radius 3 is 2.71 bits per heavy atom. The van der Waals surface area contributed by atoms with Gasteiger partial charge in [-0.05, 0) is 19.1 Å². The second-order valence-corrected chi connectivity index (χ2v) is 4.32. The van der Waals surface area contributed by atoms with Crippen LogP contribution >= 0.6 is 0 Å². The number of nitrogens with one attached hydrogen (secondary N) is 1. The van der Waals surface area contributed by atoms with Crippen molar-refractivity contribution in [2.45, 2.75) is 12.5 Å². The van der Waals surface area contributed by atoms with Crippen LogP contribution in [0.15, 0.2) is 18.2 Å². The first-order chi connectivity index (χ1) is 8.19. The average molecular weight is 237 g/mol. The zero-order valence-electron chi connectivity index (χ0n) is 10.6. The molecule has 1 unspecified atom stereocenters. The summed E-state index contributed by atoms with van der Waals surface area (Å²) in [5.74, 6) is 1.59. The molecule has 2 rings (SSSR count). The minimum atomic E-state index is -0.337. The molecule has 0 aromatic heterocycles. The Labute approximate surface area is 102 Å². The van der Waals surface area contributed by atoms with Crippen molar-refractivity contribution in [2.24, 2.45) is 0 Å². The van der Waals surface area contributed by atoms with Crippen LogP contribution in [0.2, 0.25) is 0 Å². The molecule has 1 heterocycles. The zero-order valence-corrected chi connectivity index (χ0v) is 10.6. The molecule has 1 saturated heterocycles. The molecule has 0 radical (unpaired) electrons. The van der Waals surface area contributed by atoms with Crippen molar-refractivity contribution in [3.8, 4) is 11.5 Å². The van der Waals surface area contributed by atoms with Gasteiger partial charge in [0.25, 0.3) is 0 Å². The van der Waals surface area contributed by atoms with Crippen LogP contribution in [-0.4, -0.2) is 33.9 Å². The highest BCUT2D eigenvalue weighted by molar-refractivity contribution is 5.44. The van der Waals surface area contributed by atoms with E-state index in [9.17, 15) is 0 Å².